The first-order valence-electron chi connectivity index (χ1n) is 10.4. The molecule has 0 aromatic carbocycles. The number of anilines is 2. The van der Waals surface area contributed by atoms with E-state index < -0.39 is 0 Å². The quantitative estimate of drug-likeness (QED) is 0.698. The van der Waals surface area contributed by atoms with Crippen LogP contribution in [0.15, 0.2) is 12.4 Å². The van der Waals surface area contributed by atoms with Crippen molar-refractivity contribution in [1.82, 2.24) is 29.5 Å². The van der Waals surface area contributed by atoms with Gasteiger partial charge in [0.15, 0.2) is 0 Å². The SMILES string of the molecule is CCc1nn(C)c(Cl)c1CN1CCN(c2cc(N3CCN(C)C(=O)C3)ncn2)CC1. The van der Waals surface area contributed by atoms with E-state index >= 15 is 0 Å². The van der Waals surface area contributed by atoms with Gasteiger partial charge in [-0.1, -0.05) is 18.5 Å². The summed E-state index contributed by atoms with van der Waals surface area (Å²) in [4.78, 5) is 29.4. The van der Waals surface area contributed by atoms with Crippen LogP contribution in [0.3, 0.4) is 0 Å². The second-order valence-corrected chi connectivity index (χ2v) is 8.29. The molecule has 9 nitrogen and oxygen atoms in total. The van der Waals surface area contributed by atoms with Crippen LogP contribution in [-0.2, 0) is 24.8 Å². The van der Waals surface area contributed by atoms with Crippen LogP contribution >= 0.6 is 11.6 Å². The number of carbonyl (C=O) groups is 1. The van der Waals surface area contributed by atoms with Gasteiger partial charge in [-0.15, -0.1) is 0 Å². The molecule has 0 radical (unpaired) electrons. The van der Waals surface area contributed by atoms with E-state index in [1.54, 1.807) is 15.9 Å². The molecule has 0 saturated carbocycles. The summed E-state index contributed by atoms with van der Waals surface area (Å²) in [6.07, 6.45) is 2.48. The zero-order valence-electron chi connectivity index (χ0n) is 17.9. The van der Waals surface area contributed by atoms with Gasteiger partial charge in [-0.2, -0.15) is 5.10 Å². The Morgan fingerprint density at radius 3 is 2.33 bits per heavy atom. The van der Waals surface area contributed by atoms with Crippen LogP contribution in [0.2, 0.25) is 5.15 Å². The largest absolute Gasteiger partial charge is 0.354 e. The second-order valence-electron chi connectivity index (χ2n) is 7.93. The highest BCUT2D eigenvalue weighted by Crippen LogP contribution is 2.24. The zero-order valence-corrected chi connectivity index (χ0v) is 18.6. The molecule has 0 N–H and O–H groups in total. The highest BCUT2D eigenvalue weighted by Gasteiger charge is 2.25. The summed E-state index contributed by atoms with van der Waals surface area (Å²) in [5, 5.41) is 5.25. The molecule has 4 heterocycles. The Bertz CT molecular complexity index is 908. The van der Waals surface area contributed by atoms with Gasteiger partial charge in [0.2, 0.25) is 5.91 Å². The first-order chi connectivity index (χ1) is 14.5. The lowest BCUT2D eigenvalue weighted by Crippen LogP contribution is -2.49. The van der Waals surface area contributed by atoms with E-state index in [0.29, 0.717) is 13.1 Å². The Labute approximate surface area is 182 Å². The number of hydrogen-bond donors (Lipinski definition) is 0. The van der Waals surface area contributed by atoms with Crippen molar-refractivity contribution in [3.05, 3.63) is 28.8 Å². The van der Waals surface area contributed by atoms with Gasteiger partial charge < -0.3 is 14.7 Å². The van der Waals surface area contributed by atoms with Crippen molar-refractivity contribution < 1.29 is 4.79 Å². The van der Waals surface area contributed by atoms with Gasteiger partial charge in [-0.05, 0) is 6.42 Å². The topological polar surface area (TPSA) is 73.6 Å². The lowest BCUT2D eigenvalue weighted by molar-refractivity contribution is -0.129. The van der Waals surface area contributed by atoms with Crippen molar-refractivity contribution in [2.24, 2.45) is 7.05 Å². The van der Waals surface area contributed by atoms with Crippen LogP contribution in [0.4, 0.5) is 11.6 Å². The molecule has 2 saturated heterocycles. The van der Waals surface area contributed by atoms with Crippen molar-refractivity contribution in [2.45, 2.75) is 19.9 Å². The average molecular weight is 433 g/mol. The minimum atomic E-state index is 0.121. The van der Waals surface area contributed by atoms with Gasteiger partial charge in [-0.3, -0.25) is 14.4 Å². The maximum Gasteiger partial charge on any atom is 0.241 e. The summed E-state index contributed by atoms with van der Waals surface area (Å²) < 4.78 is 1.76. The third-order valence-electron chi connectivity index (χ3n) is 5.98. The number of hydrogen-bond acceptors (Lipinski definition) is 7. The number of piperazine rings is 2. The van der Waals surface area contributed by atoms with Crippen LogP contribution in [0.5, 0.6) is 0 Å². The molecule has 1 amide bonds. The lowest BCUT2D eigenvalue weighted by atomic mass is 10.2. The van der Waals surface area contributed by atoms with Crippen molar-refractivity contribution in [3.63, 3.8) is 0 Å². The smallest absolute Gasteiger partial charge is 0.241 e. The molecule has 4 rings (SSSR count). The first kappa shape index (κ1) is 20.9. The van der Waals surface area contributed by atoms with E-state index in [-0.39, 0.29) is 5.91 Å². The summed E-state index contributed by atoms with van der Waals surface area (Å²) in [5.41, 5.74) is 2.21. The summed E-state index contributed by atoms with van der Waals surface area (Å²) in [5.74, 6) is 1.86. The third-order valence-corrected chi connectivity index (χ3v) is 6.46. The molecule has 0 unspecified atom stereocenters. The van der Waals surface area contributed by atoms with Gasteiger partial charge >= 0.3 is 0 Å². The number of amides is 1. The Morgan fingerprint density at radius 1 is 1.00 bits per heavy atom. The van der Waals surface area contributed by atoms with E-state index in [2.05, 4.69) is 31.8 Å². The second kappa shape index (κ2) is 8.77. The molecule has 2 fully saturated rings. The van der Waals surface area contributed by atoms with Crippen LogP contribution in [0.1, 0.15) is 18.2 Å². The standard InChI is InChI=1S/C20H29ClN8O/c1-4-16-15(20(21)26(3)24-16)12-27-6-9-28(10-7-27)17-11-18(23-14-22-17)29-8-5-25(2)19(30)13-29/h11,14H,4-10,12-13H2,1-3H3. The van der Waals surface area contributed by atoms with Gasteiger partial charge in [-0.25, -0.2) is 9.97 Å². The first-order valence-corrected chi connectivity index (χ1v) is 10.8. The number of halogens is 1. The minimum Gasteiger partial charge on any atom is -0.354 e. The predicted molar refractivity (Wildman–Crippen MR) is 117 cm³/mol. The van der Waals surface area contributed by atoms with E-state index in [0.717, 1.165) is 73.7 Å². The number of nitrogens with zero attached hydrogens (tertiary/aromatic N) is 8. The fourth-order valence-corrected chi connectivity index (χ4v) is 4.24. The molecule has 0 aliphatic carbocycles. The fourth-order valence-electron chi connectivity index (χ4n) is 4.04. The van der Waals surface area contributed by atoms with Gasteiger partial charge in [0.05, 0.1) is 12.2 Å². The molecule has 2 aliphatic heterocycles. The van der Waals surface area contributed by atoms with Gasteiger partial charge in [0.25, 0.3) is 0 Å². The zero-order chi connectivity index (χ0) is 21.3. The molecule has 162 valence electrons. The van der Waals surface area contributed by atoms with E-state index in [4.69, 9.17) is 11.6 Å². The Balaban J connectivity index is 1.38. The van der Waals surface area contributed by atoms with E-state index in [1.165, 1.54) is 0 Å². The van der Waals surface area contributed by atoms with Crippen molar-refractivity contribution in [2.75, 3.05) is 62.7 Å². The number of rotatable bonds is 5. The highest BCUT2D eigenvalue weighted by molar-refractivity contribution is 6.30. The molecule has 0 atom stereocenters. The molecule has 2 aromatic heterocycles. The maximum atomic E-state index is 12.0. The van der Waals surface area contributed by atoms with Crippen molar-refractivity contribution in [3.8, 4) is 0 Å². The Hall–Kier alpha value is -2.39. The van der Waals surface area contributed by atoms with Crippen molar-refractivity contribution >= 4 is 29.1 Å². The Kier molecular flexibility index (Phi) is 6.10. The molecule has 0 bridgehead atoms. The summed E-state index contributed by atoms with van der Waals surface area (Å²) >= 11 is 6.46. The fraction of sp³-hybridized carbons (Fsp3) is 0.600. The highest BCUT2D eigenvalue weighted by atomic mass is 35.5. The maximum absolute atomic E-state index is 12.0. The van der Waals surface area contributed by atoms with Crippen LogP contribution in [0, 0.1) is 0 Å². The minimum absolute atomic E-state index is 0.121. The molecule has 30 heavy (non-hydrogen) atoms. The molecule has 0 spiro atoms. The van der Waals surface area contributed by atoms with Crippen LogP contribution in [0.25, 0.3) is 0 Å². The molecule has 10 heteroatoms. The summed E-state index contributed by atoms with van der Waals surface area (Å²) in [7, 11) is 3.73. The number of carbonyl (C=O) groups excluding carboxylic acids is 1. The summed E-state index contributed by atoms with van der Waals surface area (Å²) in [6, 6.07) is 2.00. The van der Waals surface area contributed by atoms with Crippen molar-refractivity contribution in [1.29, 1.82) is 0 Å². The van der Waals surface area contributed by atoms with E-state index in [1.807, 2.05) is 25.1 Å². The molecule has 2 aromatic rings. The summed E-state index contributed by atoms with van der Waals surface area (Å²) in [6.45, 7) is 8.44. The van der Waals surface area contributed by atoms with Gasteiger partial charge in [0.1, 0.15) is 23.1 Å². The number of aryl methyl sites for hydroxylation is 2. The van der Waals surface area contributed by atoms with Crippen LogP contribution in [-0.4, -0.2) is 88.3 Å². The van der Waals surface area contributed by atoms with E-state index in [9.17, 15) is 4.79 Å². The molecular formula is C20H29ClN8O. The Morgan fingerprint density at radius 2 is 1.67 bits per heavy atom. The van der Waals surface area contributed by atoms with Crippen LogP contribution < -0.4 is 9.80 Å². The molecule has 2 aliphatic rings. The average Bonchev–Trinajstić information content (AvgIpc) is 3.04. The van der Waals surface area contributed by atoms with Gasteiger partial charge in [0, 0.05) is 71.5 Å². The lowest BCUT2D eigenvalue weighted by Gasteiger charge is -2.36. The number of aromatic nitrogens is 4. The number of likely N-dealkylation sites (N-methyl/N-ethyl adjacent to an activating group) is 1. The predicted octanol–water partition coefficient (Wildman–Crippen LogP) is 1.03. The normalized spacial score (nSPS) is 18.4. The molecular weight excluding hydrogens is 404 g/mol. The monoisotopic (exact) mass is 432 g/mol. The third kappa shape index (κ3) is 4.22.